The summed E-state index contributed by atoms with van der Waals surface area (Å²) in [7, 11) is 0. The summed E-state index contributed by atoms with van der Waals surface area (Å²) in [6.45, 7) is 1.91. The van der Waals surface area contributed by atoms with Gasteiger partial charge in [-0.1, -0.05) is 30.8 Å². The predicted molar refractivity (Wildman–Crippen MR) is 120 cm³/mol. The maximum Gasteiger partial charge on any atom is 0.237 e. The summed E-state index contributed by atoms with van der Waals surface area (Å²) in [5, 5.41) is 22.7. The van der Waals surface area contributed by atoms with Gasteiger partial charge in [0, 0.05) is 11.3 Å². The van der Waals surface area contributed by atoms with Crippen LogP contribution in [0, 0.1) is 0 Å². The number of carbonyl (C=O) groups excluding carboxylic acids is 1. The number of fused-ring (bicyclic) bond motifs is 1. The van der Waals surface area contributed by atoms with Crippen molar-refractivity contribution in [1.82, 2.24) is 19.9 Å². The zero-order valence-electron chi connectivity index (χ0n) is 16.5. The zero-order valence-corrected chi connectivity index (χ0v) is 17.3. The van der Waals surface area contributed by atoms with Crippen molar-refractivity contribution in [2.75, 3.05) is 11.1 Å². The lowest BCUT2D eigenvalue weighted by Crippen LogP contribution is -2.24. The summed E-state index contributed by atoms with van der Waals surface area (Å²) in [5.41, 5.74) is 8.64. The van der Waals surface area contributed by atoms with Crippen LogP contribution < -0.4 is 11.1 Å². The molecule has 0 spiro atoms. The first kappa shape index (κ1) is 20.5. The standard InChI is InChI=1S/C21H20N6O3S/c1-2-16(31-20-17-18(24-10-23-17)26-21(22)27-20)19(30)25-12-5-8-15(29)14(9-12)11-3-6-13(28)7-4-11/h3-10,16,28-29H,2H2,1H3,(H,25,30)(H3,22,23,24,26,27)/t16-/m1/s1. The van der Waals surface area contributed by atoms with Crippen LogP contribution in [0.3, 0.4) is 0 Å². The normalized spacial score (nSPS) is 12.0. The van der Waals surface area contributed by atoms with Gasteiger partial charge < -0.3 is 26.2 Å². The Morgan fingerprint density at radius 2 is 1.97 bits per heavy atom. The Morgan fingerprint density at radius 3 is 2.71 bits per heavy atom. The van der Waals surface area contributed by atoms with Gasteiger partial charge in [-0.2, -0.15) is 4.98 Å². The van der Waals surface area contributed by atoms with Crippen LogP contribution >= 0.6 is 11.8 Å². The number of thioether (sulfide) groups is 1. The number of nitrogens with two attached hydrogens (primary N) is 1. The molecule has 31 heavy (non-hydrogen) atoms. The number of amides is 1. The van der Waals surface area contributed by atoms with Gasteiger partial charge in [0.2, 0.25) is 11.9 Å². The number of phenolic OH excluding ortho intramolecular Hbond substituents is 2. The fourth-order valence-electron chi connectivity index (χ4n) is 3.07. The number of aromatic amines is 1. The Bertz CT molecular complexity index is 1240. The van der Waals surface area contributed by atoms with Gasteiger partial charge >= 0.3 is 0 Å². The maximum absolute atomic E-state index is 13.0. The molecule has 1 amide bonds. The first-order chi connectivity index (χ1) is 14.9. The lowest BCUT2D eigenvalue weighted by atomic mass is 10.0. The van der Waals surface area contributed by atoms with Crippen molar-refractivity contribution >= 4 is 40.5 Å². The first-order valence-corrected chi connectivity index (χ1v) is 10.4. The third-order valence-corrected chi connectivity index (χ3v) is 5.98. The minimum absolute atomic E-state index is 0.0724. The van der Waals surface area contributed by atoms with Gasteiger partial charge in [0.1, 0.15) is 22.0 Å². The van der Waals surface area contributed by atoms with Crippen LogP contribution in [-0.2, 0) is 4.79 Å². The number of aromatic nitrogens is 4. The second kappa shape index (κ2) is 8.52. The van der Waals surface area contributed by atoms with E-state index in [4.69, 9.17) is 5.73 Å². The Balaban J connectivity index is 1.55. The van der Waals surface area contributed by atoms with Gasteiger partial charge in [0.05, 0.1) is 11.6 Å². The molecule has 158 valence electrons. The third-order valence-electron chi connectivity index (χ3n) is 4.63. The summed E-state index contributed by atoms with van der Waals surface area (Å²) in [6, 6.07) is 11.3. The highest BCUT2D eigenvalue weighted by Gasteiger charge is 2.22. The lowest BCUT2D eigenvalue weighted by molar-refractivity contribution is -0.115. The number of hydrogen-bond donors (Lipinski definition) is 5. The van der Waals surface area contributed by atoms with Crippen molar-refractivity contribution in [1.29, 1.82) is 0 Å². The van der Waals surface area contributed by atoms with Gasteiger partial charge in [0.15, 0.2) is 5.65 Å². The van der Waals surface area contributed by atoms with E-state index in [1.165, 1.54) is 36.3 Å². The van der Waals surface area contributed by atoms with Crippen molar-refractivity contribution in [3.63, 3.8) is 0 Å². The SMILES string of the molecule is CC[C@@H](Sc1nc(N)nc2nc[nH]c12)C(=O)Nc1ccc(O)c(-c2ccc(O)cc2)c1. The summed E-state index contributed by atoms with van der Waals surface area (Å²) in [6.07, 6.45) is 2.06. The van der Waals surface area contributed by atoms with E-state index in [1.54, 1.807) is 24.3 Å². The van der Waals surface area contributed by atoms with E-state index in [0.717, 1.165) is 0 Å². The van der Waals surface area contributed by atoms with Crippen molar-refractivity contribution in [3.8, 4) is 22.6 Å². The molecule has 4 rings (SSSR count). The maximum atomic E-state index is 13.0. The molecule has 0 saturated carbocycles. The molecule has 0 aliphatic carbocycles. The number of benzene rings is 2. The topological polar surface area (TPSA) is 150 Å². The quantitative estimate of drug-likeness (QED) is 0.175. The molecule has 0 saturated heterocycles. The van der Waals surface area contributed by atoms with Crippen LogP contribution in [0.4, 0.5) is 11.6 Å². The van der Waals surface area contributed by atoms with E-state index < -0.39 is 5.25 Å². The van der Waals surface area contributed by atoms with Crippen LogP contribution in [0.1, 0.15) is 13.3 Å². The number of phenols is 2. The van der Waals surface area contributed by atoms with E-state index in [9.17, 15) is 15.0 Å². The van der Waals surface area contributed by atoms with E-state index in [1.807, 2.05) is 6.92 Å². The zero-order chi connectivity index (χ0) is 22.0. The van der Waals surface area contributed by atoms with Crippen LogP contribution in [0.5, 0.6) is 11.5 Å². The Morgan fingerprint density at radius 1 is 1.19 bits per heavy atom. The average molecular weight is 436 g/mol. The molecule has 0 bridgehead atoms. The van der Waals surface area contributed by atoms with Crippen LogP contribution in [0.2, 0.25) is 0 Å². The Labute approximate surface area is 181 Å². The van der Waals surface area contributed by atoms with Crippen LogP contribution in [-0.4, -0.2) is 41.3 Å². The number of imidazole rings is 1. The highest BCUT2D eigenvalue weighted by Crippen LogP contribution is 2.34. The summed E-state index contributed by atoms with van der Waals surface area (Å²) in [5.74, 6) is 0.0876. The summed E-state index contributed by atoms with van der Waals surface area (Å²) in [4.78, 5) is 28.3. The van der Waals surface area contributed by atoms with Gasteiger partial charge in [0.25, 0.3) is 0 Å². The molecule has 2 heterocycles. The van der Waals surface area contributed by atoms with Gasteiger partial charge in [-0.3, -0.25) is 4.79 Å². The smallest absolute Gasteiger partial charge is 0.237 e. The third kappa shape index (κ3) is 4.38. The number of rotatable bonds is 6. The number of anilines is 2. The molecule has 10 heteroatoms. The molecule has 6 N–H and O–H groups in total. The van der Waals surface area contributed by atoms with Gasteiger partial charge in [-0.15, -0.1) is 0 Å². The van der Waals surface area contributed by atoms with E-state index in [-0.39, 0.29) is 23.4 Å². The highest BCUT2D eigenvalue weighted by atomic mass is 32.2. The molecule has 0 unspecified atom stereocenters. The number of nitrogen functional groups attached to an aromatic ring is 1. The van der Waals surface area contributed by atoms with Crippen LogP contribution in [0.25, 0.3) is 22.3 Å². The highest BCUT2D eigenvalue weighted by molar-refractivity contribution is 8.00. The van der Waals surface area contributed by atoms with Crippen molar-refractivity contribution in [2.24, 2.45) is 0 Å². The Hall–Kier alpha value is -3.79. The van der Waals surface area contributed by atoms with Crippen molar-refractivity contribution in [2.45, 2.75) is 23.6 Å². The molecule has 0 radical (unpaired) electrons. The molecule has 2 aromatic heterocycles. The Kier molecular flexibility index (Phi) is 5.63. The lowest BCUT2D eigenvalue weighted by Gasteiger charge is -2.15. The first-order valence-electron chi connectivity index (χ1n) is 9.51. The number of nitrogens with zero attached hydrogens (tertiary/aromatic N) is 3. The second-order valence-corrected chi connectivity index (χ2v) is 7.96. The number of nitrogens with one attached hydrogen (secondary N) is 2. The molecule has 1 atom stereocenters. The molecular weight excluding hydrogens is 416 g/mol. The predicted octanol–water partition coefficient (Wildman–Crippen LogP) is 3.52. The van der Waals surface area contributed by atoms with E-state index in [0.29, 0.717) is 39.4 Å². The average Bonchev–Trinajstić information content (AvgIpc) is 3.22. The minimum Gasteiger partial charge on any atom is -0.508 e. The minimum atomic E-state index is -0.438. The molecule has 0 aliphatic rings. The largest absolute Gasteiger partial charge is 0.508 e. The fraction of sp³-hybridized carbons (Fsp3) is 0.143. The molecule has 0 aliphatic heterocycles. The van der Waals surface area contributed by atoms with E-state index in [2.05, 4.69) is 25.3 Å². The monoisotopic (exact) mass is 436 g/mol. The second-order valence-electron chi connectivity index (χ2n) is 6.77. The fourth-order valence-corrected chi connectivity index (χ4v) is 4.09. The van der Waals surface area contributed by atoms with Crippen molar-refractivity contribution in [3.05, 3.63) is 48.8 Å². The van der Waals surface area contributed by atoms with Crippen molar-refractivity contribution < 1.29 is 15.0 Å². The molecular formula is C21H20N6O3S. The molecule has 0 fully saturated rings. The number of hydrogen-bond acceptors (Lipinski definition) is 8. The molecule has 2 aromatic carbocycles. The summed E-state index contributed by atoms with van der Waals surface area (Å²) >= 11 is 1.28. The van der Waals surface area contributed by atoms with Gasteiger partial charge in [-0.05, 0) is 42.3 Å². The van der Waals surface area contributed by atoms with Crippen LogP contribution in [0.15, 0.2) is 53.8 Å². The number of carbonyl (C=O) groups is 1. The molecule has 9 nitrogen and oxygen atoms in total. The van der Waals surface area contributed by atoms with E-state index >= 15 is 0 Å². The molecule has 4 aromatic rings. The van der Waals surface area contributed by atoms with Gasteiger partial charge in [-0.25, -0.2) is 9.97 Å². The summed E-state index contributed by atoms with van der Waals surface area (Å²) < 4.78 is 0. The number of aromatic hydroxyl groups is 2. The number of H-pyrrole nitrogens is 1.